The van der Waals surface area contributed by atoms with E-state index in [9.17, 15) is 14.9 Å². The number of nitrogens with one attached hydrogen (secondary N) is 1. The first kappa shape index (κ1) is 16.7. The van der Waals surface area contributed by atoms with E-state index < -0.39 is 4.92 Å². The van der Waals surface area contributed by atoms with Crippen molar-refractivity contribution < 1.29 is 9.72 Å². The van der Waals surface area contributed by atoms with Crippen molar-refractivity contribution in [2.24, 2.45) is 5.92 Å². The molecule has 1 aromatic rings. The monoisotopic (exact) mass is 325 g/mol. The predicted molar refractivity (Wildman–Crippen MR) is 86.2 cm³/mol. The number of nitro groups is 1. The van der Waals surface area contributed by atoms with Crippen molar-refractivity contribution in [2.45, 2.75) is 26.2 Å². The molecule has 2 rings (SSSR count). The Balaban J connectivity index is 1.95. The number of anilines is 1. The first-order chi connectivity index (χ1) is 10.5. The zero-order chi connectivity index (χ0) is 16.1. The smallest absolute Gasteiger partial charge is 0.289 e. The molecule has 120 valence electrons. The van der Waals surface area contributed by atoms with Gasteiger partial charge >= 0.3 is 0 Å². The summed E-state index contributed by atoms with van der Waals surface area (Å²) in [7, 11) is 0. The van der Waals surface area contributed by atoms with E-state index in [1.54, 1.807) is 6.07 Å². The molecule has 7 heteroatoms. The van der Waals surface area contributed by atoms with Gasteiger partial charge in [-0.3, -0.25) is 19.8 Å². The molecule has 0 heterocycles. The molecule has 1 saturated carbocycles. The number of nitro benzene ring substituents is 1. The molecule has 0 radical (unpaired) electrons. The molecular formula is C15H20ClN3O3. The topological polar surface area (TPSA) is 75.5 Å². The number of carbonyl (C=O) groups excluding carboxylic acids is 1. The zero-order valence-electron chi connectivity index (χ0n) is 12.5. The number of hydrogen-bond donors (Lipinski definition) is 1. The lowest BCUT2D eigenvalue weighted by Gasteiger charge is -2.20. The third-order valence-corrected chi connectivity index (χ3v) is 3.87. The van der Waals surface area contributed by atoms with Gasteiger partial charge in [-0.1, -0.05) is 18.5 Å². The minimum Gasteiger partial charge on any atom is -0.325 e. The lowest BCUT2D eigenvalue weighted by Crippen LogP contribution is -2.35. The molecule has 0 aliphatic heterocycles. The summed E-state index contributed by atoms with van der Waals surface area (Å²) >= 11 is 5.75. The minimum absolute atomic E-state index is 0.0596. The predicted octanol–water partition coefficient (Wildman–Crippen LogP) is 3.31. The van der Waals surface area contributed by atoms with E-state index >= 15 is 0 Å². The number of amides is 1. The highest BCUT2D eigenvalue weighted by Gasteiger charge is 2.25. The number of benzene rings is 1. The molecule has 1 N–H and O–H groups in total. The van der Waals surface area contributed by atoms with Gasteiger partial charge in [0.25, 0.3) is 5.69 Å². The fraction of sp³-hybridized carbons (Fsp3) is 0.533. The van der Waals surface area contributed by atoms with Gasteiger partial charge in [0.1, 0.15) is 5.02 Å². The van der Waals surface area contributed by atoms with Crippen LogP contribution in [0.4, 0.5) is 11.4 Å². The molecule has 0 atom stereocenters. The van der Waals surface area contributed by atoms with E-state index in [2.05, 4.69) is 17.1 Å². The largest absolute Gasteiger partial charge is 0.325 e. The van der Waals surface area contributed by atoms with Crippen LogP contribution >= 0.6 is 11.6 Å². The van der Waals surface area contributed by atoms with Gasteiger partial charge in [0, 0.05) is 18.3 Å². The highest BCUT2D eigenvalue weighted by atomic mass is 35.5. The molecule has 6 nitrogen and oxygen atoms in total. The SMILES string of the molecule is CCCN(CC(=O)Nc1ccc(Cl)c([N+](=O)[O-])c1)CC1CC1. The van der Waals surface area contributed by atoms with Gasteiger partial charge in [0.2, 0.25) is 5.91 Å². The Bertz CT molecular complexity index is 561. The number of carbonyl (C=O) groups is 1. The second-order valence-corrected chi connectivity index (χ2v) is 6.06. The molecule has 1 aromatic carbocycles. The van der Waals surface area contributed by atoms with Gasteiger partial charge in [0.05, 0.1) is 11.5 Å². The zero-order valence-corrected chi connectivity index (χ0v) is 13.3. The van der Waals surface area contributed by atoms with Crippen LogP contribution in [0.25, 0.3) is 0 Å². The van der Waals surface area contributed by atoms with E-state index in [1.807, 2.05) is 0 Å². The fourth-order valence-corrected chi connectivity index (χ4v) is 2.54. The van der Waals surface area contributed by atoms with Gasteiger partial charge < -0.3 is 5.32 Å². The van der Waals surface area contributed by atoms with Crippen molar-refractivity contribution in [1.82, 2.24) is 4.90 Å². The number of hydrogen-bond acceptors (Lipinski definition) is 4. The molecule has 1 amide bonds. The second-order valence-electron chi connectivity index (χ2n) is 5.65. The van der Waals surface area contributed by atoms with Gasteiger partial charge in [0.15, 0.2) is 0 Å². The molecule has 1 fully saturated rings. The maximum atomic E-state index is 12.1. The van der Waals surface area contributed by atoms with E-state index in [0.29, 0.717) is 12.2 Å². The Morgan fingerprint density at radius 2 is 2.23 bits per heavy atom. The molecule has 0 aromatic heterocycles. The fourth-order valence-electron chi connectivity index (χ4n) is 2.35. The minimum atomic E-state index is -0.561. The average molecular weight is 326 g/mol. The lowest BCUT2D eigenvalue weighted by atomic mass is 10.2. The van der Waals surface area contributed by atoms with Crippen LogP contribution in [0.2, 0.25) is 5.02 Å². The van der Waals surface area contributed by atoms with E-state index in [1.165, 1.54) is 25.0 Å². The summed E-state index contributed by atoms with van der Waals surface area (Å²) in [4.78, 5) is 24.5. The molecule has 1 aliphatic carbocycles. The summed E-state index contributed by atoms with van der Waals surface area (Å²) < 4.78 is 0. The summed E-state index contributed by atoms with van der Waals surface area (Å²) in [6.07, 6.45) is 3.48. The Hall–Kier alpha value is -1.66. The van der Waals surface area contributed by atoms with E-state index in [0.717, 1.165) is 25.4 Å². The lowest BCUT2D eigenvalue weighted by molar-refractivity contribution is -0.384. The first-order valence-electron chi connectivity index (χ1n) is 7.45. The Morgan fingerprint density at radius 3 is 2.82 bits per heavy atom. The van der Waals surface area contributed by atoms with E-state index in [-0.39, 0.29) is 16.6 Å². The first-order valence-corrected chi connectivity index (χ1v) is 7.83. The van der Waals surface area contributed by atoms with Gasteiger partial charge in [-0.2, -0.15) is 0 Å². The van der Waals surface area contributed by atoms with Gasteiger partial charge in [-0.15, -0.1) is 0 Å². The average Bonchev–Trinajstić information content (AvgIpc) is 3.24. The standard InChI is InChI=1S/C15H20ClN3O3/c1-2-7-18(9-11-3-4-11)10-15(20)17-12-5-6-13(16)14(8-12)19(21)22/h5-6,8,11H,2-4,7,9-10H2,1H3,(H,17,20). The highest BCUT2D eigenvalue weighted by Crippen LogP contribution is 2.30. The van der Waals surface area contributed by atoms with Crippen molar-refractivity contribution in [2.75, 3.05) is 25.0 Å². The van der Waals surface area contributed by atoms with Crippen LogP contribution < -0.4 is 5.32 Å². The molecule has 1 aliphatic rings. The van der Waals surface area contributed by atoms with Crippen molar-refractivity contribution >= 4 is 28.9 Å². The molecule has 0 unspecified atom stereocenters. The number of nitrogens with zero attached hydrogens (tertiary/aromatic N) is 2. The second kappa shape index (κ2) is 7.56. The summed E-state index contributed by atoms with van der Waals surface area (Å²) in [5.41, 5.74) is 0.187. The third kappa shape index (κ3) is 4.96. The molecular weight excluding hydrogens is 306 g/mol. The normalized spacial score (nSPS) is 14.1. The summed E-state index contributed by atoms with van der Waals surface area (Å²) in [6, 6.07) is 4.27. The quantitative estimate of drug-likeness (QED) is 0.587. The van der Waals surface area contributed by atoms with Gasteiger partial charge in [-0.25, -0.2) is 0 Å². The van der Waals surface area contributed by atoms with Crippen LogP contribution in [0, 0.1) is 16.0 Å². The van der Waals surface area contributed by atoms with E-state index in [4.69, 9.17) is 11.6 Å². The number of halogens is 1. The van der Waals surface area contributed by atoms with Gasteiger partial charge in [-0.05, 0) is 43.9 Å². The van der Waals surface area contributed by atoms with Crippen LogP contribution in [0.1, 0.15) is 26.2 Å². The van der Waals surface area contributed by atoms with Crippen LogP contribution in [0.3, 0.4) is 0 Å². The maximum absolute atomic E-state index is 12.1. The summed E-state index contributed by atoms with van der Waals surface area (Å²) in [6.45, 7) is 4.22. The summed E-state index contributed by atoms with van der Waals surface area (Å²) in [5, 5.41) is 13.6. The Labute approximate surface area is 134 Å². The number of rotatable bonds is 8. The Kier molecular flexibility index (Phi) is 5.74. The van der Waals surface area contributed by atoms with Crippen LogP contribution in [0.5, 0.6) is 0 Å². The van der Waals surface area contributed by atoms with Crippen molar-refractivity contribution in [3.63, 3.8) is 0 Å². The Morgan fingerprint density at radius 1 is 1.50 bits per heavy atom. The van der Waals surface area contributed by atoms with Crippen LogP contribution in [0.15, 0.2) is 18.2 Å². The van der Waals surface area contributed by atoms with Crippen LogP contribution in [-0.2, 0) is 4.79 Å². The molecule has 0 saturated heterocycles. The highest BCUT2D eigenvalue weighted by molar-refractivity contribution is 6.32. The summed E-state index contributed by atoms with van der Waals surface area (Å²) in [5.74, 6) is 0.557. The molecule has 0 bridgehead atoms. The molecule has 22 heavy (non-hydrogen) atoms. The van der Waals surface area contributed by atoms with Crippen molar-refractivity contribution in [1.29, 1.82) is 0 Å². The molecule has 0 spiro atoms. The van der Waals surface area contributed by atoms with Crippen molar-refractivity contribution in [3.05, 3.63) is 33.3 Å². The maximum Gasteiger partial charge on any atom is 0.289 e. The van der Waals surface area contributed by atoms with Crippen LogP contribution in [-0.4, -0.2) is 35.4 Å². The van der Waals surface area contributed by atoms with Crippen molar-refractivity contribution in [3.8, 4) is 0 Å². The third-order valence-electron chi connectivity index (χ3n) is 3.55.